The minimum atomic E-state index is -0.264. The highest BCUT2D eigenvalue weighted by molar-refractivity contribution is 6.44. The van der Waals surface area contributed by atoms with Crippen LogP contribution in [0.2, 0.25) is 15.1 Å². The summed E-state index contributed by atoms with van der Waals surface area (Å²) in [7, 11) is 0. The van der Waals surface area contributed by atoms with Gasteiger partial charge in [-0.2, -0.15) is 0 Å². The Morgan fingerprint density at radius 1 is 0.815 bits per heavy atom. The van der Waals surface area contributed by atoms with E-state index in [4.69, 9.17) is 39.5 Å². The number of carbonyl (C=O) groups excluding carboxylic acids is 1. The Bertz CT molecular complexity index is 932. The average molecular weight is 422 g/mol. The van der Waals surface area contributed by atoms with E-state index in [1.807, 2.05) is 54.6 Å². The molecular formula is C20H15Cl3N2O2. The molecule has 2 N–H and O–H groups in total. The second kappa shape index (κ2) is 9.00. The van der Waals surface area contributed by atoms with E-state index in [0.717, 1.165) is 11.4 Å². The number of halogens is 3. The van der Waals surface area contributed by atoms with E-state index in [-0.39, 0.29) is 12.5 Å². The molecule has 3 aromatic carbocycles. The third-order valence-electron chi connectivity index (χ3n) is 3.57. The fraction of sp³-hybridized carbons (Fsp3) is 0.0500. The van der Waals surface area contributed by atoms with Gasteiger partial charge in [0.1, 0.15) is 11.5 Å². The van der Waals surface area contributed by atoms with Gasteiger partial charge in [-0.25, -0.2) is 0 Å². The van der Waals surface area contributed by atoms with Crippen LogP contribution in [-0.2, 0) is 4.79 Å². The predicted octanol–water partition coefficient (Wildman–Crippen LogP) is 6.49. The van der Waals surface area contributed by atoms with Crippen LogP contribution in [-0.4, -0.2) is 12.5 Å². The average Bonchev–Trinajstić information content (AvgIpc) is 2.66. The topological polar surface area (TPSA) is 50.4 Å². The minimum Gasteiger partial charge on any atom is -0.457 e. The molecule has 0 spiro atoms. The van der Waals surface area contributed by atoms with E-state index in [1.54, 1.807) is 0 Å². The first-order valence-corrected chi connectivity index (χ1v) is 9.16. The summed E-state index contributed by atoms with van der Waals surface area (Å²) in [5, 5.41) is 6.69. The highest BCUT2D eigenvalue weighted by Gasteiger charge is 2.09. The molecular weight excluding hydrogens is 407 g/mol. The lowest BCUT2D eigenvalue weighted by Crippen LogP contribution is -2.21. The van der Waals surface area contributed by atoms with Crippen molar-refractivity contribution in [2.24, 2.45) is 0 Å². The van der Waals surface area contributed by atoms with Gasteiger partial charge >= 0.3 is 0 Å². The number of hydrogen-bond donors (Lipinski definition) is 2. The molecule has 4 nitrogen and oxygen atoms in total. The van der Waals surface area contributed by atoms with Gasteiger partial charge in [0.25, 0.3) is 0 Å². The summed E-state index contributed by atoms with van der Waals surface area (Å²) in [6, 6.07) is 19.8. The maximum absolute atomic E-state index is 12.1. The number of anilines is 2. The molecule has 0 aliphatic heterocycles. The quantitative estimate of drug-likeness (QED) is 0.447. The molecule has 3 aromatic rings. The molecule has 0 bridgehead atoms. The van der Waals surface area contributed by atoms with Crippen LogP contribution in [0.4, 0.5) is 11.4 Å². The van der Waals surface area contributed by atoms with Crippen LogP contribution in [0, 0.1) is 0 Å². The molecule has 3 rings (SSSR count). The SMILES string of the molecule is O=C(CNc1ccc(Oc2ccccc2)cc1)Nc1cc(Cl)c(Cl)cc1Cl. The molecule has 0 heterocycles. The number of rotatable bonds is 6. The highest BCUT2D eigenvalue weighted by Crippen LogP contribution is 2.32. The maximum atomic E-state index is 12.1. The Labute approximate surface area is 172 Å². The van der Waals surface area contributed by atoms with Gasteiger partial charge in [-0.05, 0) is 48.5 Å². The molecule has 27 heavy (non-hydrogen) atoms. The van der Waals surface area contributed by atoms with E-state index in [2.05, 4.69) is 10.6 Å². The summed E-state index contributed by atoms with van der Waals surface area (Å²) in [6.45, 7) is 0.0649. The fourth-order valence-electron chi connectivity index (χ4n) is 2.26. The summed E-state index contributed by atoms with van der Waals surface area (Å²) in [5.41, 5.74) is 1.19. The van der Waals surface area contributed by atoms with Crippen molar-refractivity contribution < 1.29 is 9.53 Å². The largest absolute Gasteiger partial charge is 0.457 e. The molecule has 1 amide bonds. The molecule has 0 radical (unpaired) electrons. The molecule has 0 saturated heterocycles. The van der Waals surface area contributed by atoms with Crippen molar-refractivity contribution in [2.45, 2.75) is 0 Å². The molecule has 0 aliphatic rings. The summed E-state index contributed by atoms with van der Waals surface area (Å²) in [4.78, 5) is 12.1. The molecule has 0 atom stereocenters. The van der Waals surface area contributed by atoms with Crippen LogP contribution in [0.15, 0.2) is 66.7 Å². The first kappa shape index (κ1) is 19.4. The molecule has 138 valence electrons. The lowest BCUT2D eigenvalue weighted by molar-refractivity contribution is -0.114. The molecule has 0 aliphatic carbocycles. The second-order valence-corrected chi connectivity index (χ2v) is 6.81. The maximum Gasteiger partial charge on any atom is 0.243 e. The van der Waals surface area contributed by atoms with E-state index < -0.39 is 0 Å². The monoisotopic (exact) mass is 420 g/mol. The number of nitrogens with one attached hydrogen (secondary N) is 2. The standard InChI is InChI=1S/C20H15Cl3N2O2/c21-16-10-18(23)19(11-17(16)22)25-20(26)12-24-13-6-8-15(9-7-13)27-14-4-2-1-3-5-14/h1-11,24H,12H2,(H,25,26). The Morgan fingerprint density at radius 3 is 2.15 bits per heavy atom. The summed E-state index contributed by atoms with van der Waals surface area (Å²) in [5.74, 6) is 1.20. The Kier molecular flexibility index (Phi) is 6.45. The number of para-hydroxylation sites is 1. The van der Waals surface area contributed by atoms with Crippen molar-refractivity contribution in [1.82, 2.24) is 0 Å². The van der Waals surface area contributed by atoms with E-state index >= 15 is 0 Å². The van der Waals surface area contributed by atoms with Gasteiger partial charge in [0, 0.05) is 5.69 Å². The normalized spacial score (nSPS) is 10.3. The van der Waals surface area contributed by atoms with E-state index in [9.17, 15) is 4.79 Å². The molecule has 0 saturated carbocycles. The molecule has 7 heteroatoms. The highest BCUT2D eigenvalue weighted by atomic mass is 35.5. The van der Waals surface area contributed by atoms with Crippen LogP contribution >= 0.6 is 34.8 Å². The smallest absolute Gasteiger partial charge is 0.243 e. The fourth-order valence-corrected chi connectivity index (χ4v) is 2.85. The third-order valence-corrected chi connectivity index (χ3v) is 4.61. The Morgan fingerprint density at radius 2 is 1.44 bits per heavy atom. The van der Waals surface area contributed by atoms with Crippen molar-refractivity contribution in [3.63, 3.8) is 0 Å². The van der Waals surface area contributed by atoms with Crippen molar-refractivity contribution >= 4 is 52.1 Å². The van der Waals surface area contributed by atoms with Crippen molar-refractivity contribution in [3.05, 3.63) is 81.8 Å². The molecule has 0 unspecified atom stereocenters. The first-order chi connectivity index (χ1) is 13.0. The van der Waals surface area contributed by atoms with E-state index in [1.165, 1.54) is 12.1 Å². The molecule has 0 aromatic heterocycles. The number of carbonyl (C=O) groups is 1. The van der Waals surface area contributed by atoms with Crippen molar-refractivity contribution in [1.29, 1.82) is 0 Å². The number of ether oxygens (including phenoxy) is 1. The van der Waals surface area contributed by atoms with Crippen LogP contribution < -0.4 is 15.4 Å². The van der Waals surface area contributed by atoms with Crippen LogP contribution in [0.5, 0.6) is 11.5 Å². The van der Waals surface area contributed by atoms with E-state index in [0.29, 0.717) is 26.5 Å². The Balaban J connectivity index is 1.54. The zero-order chi connectivity index (χ0) is 19.2. The molecule has 0 fully saturated rings. The van der Waals surface area contributed by atoms with Gasteiger partial charge in [-0.3, -0.25) is 4.79 Å². The summed E-state index contributed by atoms with van der Waals surface area (Å²) >= 11 is 17.9. The van der Waals surface area contributed by atoms with Crippen LogP contribution in [0.25, 0.3) is 0 Å². The minimum absolute atomic E-state index is 0.0649. The van der Waals surface area contributed by atoms with Gasteiger partial charge in [-0.1, -0.05) is 53.0 Å². The lowest BCUT2D eigenvalue weighted by Gasteiger charge is -2.11. The lowest BCUT2D eigenvalue weighted by atomic mass is 10.3. The predicted molar refractivity (Wildman–Crippen MR) is 112 cm³/mol. The van der Waals surface area contributed by atoms with Crippen LogP contribution in [0.1, 0.15) is 0 Å². The van der Waals surface area contributed by atoms with Crippen LogP contribution in [0.3, 0.4) is 0 Å². The van der Waals surface area contributed by atoms with Gasteiger partial charge in [0.2, 0.25) is 5.91 Å². The zero-order valence-electron chi connectivity index (χ0n) is 14.0. The van der Waals surface area contributed by atoms with Crippen molar-refractivity contribution in [3.8, 4) is 11.5 Å². The zero-order valence-corrected chi connectivity index (χ0v) is 16.3. The Hall–Kier alpha value is -2.40. The first-order valence-electron chi connectivity index (χ1n) is 8.02. The van der Waals surface area contributed by atoms with Gasteiger partial charge in [0.15, 0.2) is 0 Å². The van der Waals surface area contributed by atoms with Gasteiger partial charge in [-0.15, -0.1) is 0 Å². The summed E-state index contributed by atoms with van der Waals surface area (Å²) < 4.78 is 5.73. The van der Waals surface area contributed by atoms with Gasteiger partial charge in [0.05, 0.1) is 27.3 Å². The number of benzene rings is 3. The number of amides is 1. The van der Waals surface area contributed by atoms with Gasteiger partial charge < -0.3 is 15.4 Å². The third kappa shape index (κ3) is 5.54. The second-order valence-electron chi connectivity index (χ2n) is 5.59. The van der Waals surface area contributed by atoms with Crippen molar-refractivity contribution in [2.75, 3.05) is 17.2 Å². The number of hydrogen-bond acceptors (Lipinski definition) is 3. The summed E-state index contributed by atoms with van der Waals surface area (Å²) in [6.07, 6.45) is 0.